The fourth-order valence-electron chi connectivity index (χ4n) is 2.57. The lowest BCUT2D eigenvalue weighted by Crippen LogP contribution is -2.17. The van der Waals surface area contributed by atoms with E-state index >= 15 is 0 Å². The largest absolute Gasteiger partial charge is 0.465 e. The van der Waals surface area contributed by atoms with Crippen LogP contribution in [0, 0.1) is 6.92 Å². The summed E-state index contributed by atoms with van der Waals surface area (Å²) in [6, 6.07) is 13.0. The number of carbonyl (C=O) groups is 2. The first kappa shape index (κ1) is 18.5. The molecule has 0 spiro atoms. The van der Waals surface area contributed by atoms with Crippen LogP contribution in [0.1, 0.15) is 34.8 Å². The Kier molecular flexibility index (Phi) is 6.57. The number of rotatable bonds is 7. The molecule has 2 rings (SSSR count). The van der Waals surface area contributed by atoms with Crippen LogP contribution in [0.5, 0.6) is 0 Å². The lowest BCUT2D eigenvalue weighted by molar-refractivity contribution is -0.116. The first-order valence-electron chi connectivity index (χ1n) is 8.35. The standard InChI is InChI=1S/C20H24N2O3/c1-4-15-7-5-6-14(2)19(15)22-18(23)12-13-21-17-10-8-16(9-11-17)20(24)25-3/h5-11,21H,4,12-13H2,1-3H3,(H,22,23). The molecule has 5 heteroatoms. The van der Waals surface area contributed by atoms with Crippen LogP contribution in [0.15, 0.2) is 42.5 Å². The van der Waals surface area contributed by atoms with Gasteiger partial charge in [0.05, 0.1) is 12.7 Å². The summed E-state index contributed by atoms with van der Waals surface area (Å²) in [4.78, 5) is 23.6. The van der Waals surface area contributed by atoms with E-state index in [1.54, 1.807) is 24.3 Å². The van der Waals surface area contributed by atoms with Gasteiger partial charge < -0.3 is 15.4 Å². The van der Waals surface area contributed by atoms with Crippen molar-refractivity contribution < 1.29 is 14.3 Å². The Morgan fingerprint density at radius 3 is 2.44 bits per heavy atom. The molecular weight excluding hydrogens is 316 g/mol. The van der Waals surface area contributed by atoms with Crippen molar-refractivity contribution in [1.82, 2.24) is 0 Å². The molecule has 1 amide bonds. The predicted molar refractivity (Wildman–Crippen MR) is 100 cm³/mol. The molecule has 0 aliphatic rings. The van der Waals surface area contributed by atoms with Crippen LogP contribution in [0.4, 0.5) is 11.4 Å². The number of esters is 1. The van der Waals surface area contributed by atoms with Crippen LogP contribution in [0.25, 0.3) is 0 Å². The molecule has 0 heterocycles. The zero-order valence-corrected chi connectivity index (χ0v) is 14.9. The number of para-hydroxylation sites is 1. The van der Waals surface area contributed by atoms with Gasteiger partial charge in [0.15, 0.2) is 0 Å². The van der Waals surface area contributed by atoms with Gasteiger partial charge in [-0.2, -0.15) is 0 Å². The summed E-state index contributed by atoms with van der Waals surface area (Å²) in [7, 11) is 1.35. The monoisotopic (exact) mass is 340 g/mol. The minimum absolute atomic E-state index is 0.0253. The van der Waals surface area contributed by atoms with E-state index in [0.717, 1.165) is 28.9 Å². The Balaban J connectivity index is 1.86. The normalized spacial score (nSPS) is 10.2. The van der Waals surface area contributed by atoms with E-state index in [1.807, 2.05) is 25.1 Å². The summed E-state index contributed by atoms with van der Waals surface area (Å²) in [5.41, 5.74) is 4.47. The second-order valence-electron chi connectivity index (χ2n) is 5.76. The van der Waals surface area contributed by atoms with Gasteiger partial charge in [-0.25, -0.2) is 4.79 Å². The van der Waals surface area contributed by atoms with E-state index in [2.05, 4.69) is 22.3 Å². The number of anilines is 2. The molecule has 0 bridgehead atoms. The number of ether oxygens (including phenoxy) is 1. The van der Waals surface area contributed by atoms with E-state index in [-0.39, 0.29) is 11.9 Å². The highest BCUT2D eigenvalue weighted by molar-refractivity contribution is 5.92. The summed E-state index contributed by atoms with van der Waals surface area (Å²) < 4.78 is 4.66. The fraction of sp³-hybridized carbons (Fsp3) is 0.300. The first-order chi connectivity index (χ1) is 12.0. The van der Waals surface area contributed by atoms with Crippen molar-refractivity contribution in [2.24, 2.45) is 0 Å². The number of amides is 1. The maximum Gasteiger partial charge on any atom is 0.337 e. The molecule has 0 radical (unpaired) electrons. The van der Waals surface area contributed by atoms with Gasteiger partial charge >= 0.3 is 5.97 Å². The third kappa shape index (κ3) is 5.08. The van der Waals surface area contributed by atoms with Crippen molar-refractivity contribution in [1.29, 1.82) is 0 Å². The van der Waals surface area contributed by atoms with Crippen molar-refractivity contribution in [2.45, 2.75) is 26.7 Å². The molecule has 0 unspecified atom stereocenters. The molecule has 5 nitrogen and oxygen atoms in total. The van der Waals surface area contributed by atoms with Crippen molar-refractivity contribution in [3.05, 3.63) is 59.2 Å². The molecule has 0 saturated carbocycles. The van der Waals surface area contributed by atoms with Gasteiger partial charge in [0.1, 0.15) is 0 Å². The van der Waals surface area contributed by atoms with Crippen molar-refractivity contribution in [3.8, 4) is 0 Å². The molecule has 0 saturated heterocycles. The smallest absolute Gasteiger partial charge is 0.337 e. The highest BCUT2D eigenvalue weighted by atomic mass is 16.5. The number of aryl methyl sites for hydroxylation is 2. The van der Waals surface area contributed by atoms with Crippen molar-refractivity contribution in [3.63, 3.8) is 0 Å². The Hall–Kier alpha value is -2.82. The number of hydrogen-bond donors (Lipinski definition) is 2. The topological polar surface area (TPSA) is 67.4 Å². The maximum absolute atomic E-state index is 12.2. The van der Waals surface area contributed by atoms with Crippen LogP contribution >= 0.6 is 0 Å². The molecule has 0 aromatic heterocycles. The van der Waals surface area contributed by atoms with Gasteiger partial charge in [0, 0.05) is 24.3 Å². The molecular formula is C20H24N2O3. The molecule has 0 aliphatic heterocycles. The van der Waals surface area contributed by atoms with Crippen LogP contribution in [0.3, 0.4) is 0 Å². The third-order valence-electron chi connectivity index (χ3n) is 3.99. The summed E-state index contributed by atoms with van der Waals surface area (Å²) >= 11 is 0. The molecule has 0 fully saturated rings. The average Bonchev–Trinajstić information content (AvgIpc) is 2.63. The third-order valence-corrected chi connectivity index (χ3v) is 3.99. The van der Waals surface area contributed by atoms with Crippen molar-refractivity contribution >= 4 is 23.3 Å². The highest BCUT2D eigenvalue weighted by Crippen LogP contribution is 2.21. The molecule has 2 aromatic carbocycles. The molecule has 25 heavy (non-hydrogen) atoms. The average molecular weight is 340 g/mol. The highest BCUT2D eigenvalue weighted by Gasteiger charge is 2.09. The SMILES string of the molecule is CCc1cccc(C)c1NC(=O)CCNc1ccc(C(=O)OC)cc1. The van der Waals surface area contributed by atoms with E-state index in [0.29, 0.717) is 18.5 Å². The molecule has 2 aromatic rings. The number of methoxy groups -OCH3 is 1. The van der Waals surface area contributed by atoms with Gasteiger partial charge in [-0.3, -0.25) is 4.79 Å². The zero-order chi connectivity index (χ0) is 18.2. The molecule has 2 N–H and O–H groups in total. The van der Waals surface area contributed by atoms with Crippen LogP contribution < -0.4 is 10.6 Å². The number of hydrogen-bond acceptors (Lipinski definition) is 4. The van der Waals surface area contributed by atoms with Gasteiger partial charge in [-0.1, -0.05) is 25.1 Å². The number of benzene rings is 2. The fourth-order valence-corrected chi connectivity index (χ4v) is 2.57. The second kappa shape index (κ2) is 8.87. The lowest BCUT2D eigenvalue weighted by Gasteiger charge is -2.13. The maximum atomic E-state index is 12.2. The lowest BCUT2D eigenvalue weighted by atomic mass is 10.1. The predicted octanol–water partition coefficient (Wildman–Crippen LogP) is 3.78. The Bertz CT molecular complexity index is 739. The Morgan fingerprint density at radius 1 is 1.08 bits per heavy atom. The summed E-state index contributed by atoms with van der Waals surface area (Å²) in [6.45, 7) is 4.58. The van der Waals surface area contributed by atoms with Gasteiger partial charge in [-0.15, -0.1) is 0 Å². The Labute approximate surface area is 148 Å². The summed E-state index contributed by atoms with van der Waals surface area (Å²) in [5, 5.41) is 6.18. The second-order valence-corrected chi connectivity index (χ2v) is 5.76. The summed E-state index contributed by atoms with van der Waals surface area (Å²) in [6.07, 6.45) is 1.23. The van der Waals surface area contributed by atoms with E-state index in [9.17, 15) is 9.59 Å². The minimum atomic E-state index is -0.365. The first-order valence-corrected chi connectivity index (χ1v) is 8.35. The van der Waals surface area contributed by atoms with Gasteiger partial charge in [0.25, 0.3) is 0 Å². The zero-order valence-electron chi connectivity index (χ0n) is 14.9. The Morgan fingerprint density at radius 2 is 1.80 bits per heavy atom. The van der Waals surface area contributed by atoms with Crippen LogP contribution in [-0.4, -0.2) is 25.5 Å². The summed E-state index contributed by atoms with van der Waals surface area (Å²) in [5.74, 6) is -0.390. The van der Waals surface area contributed by atoms with Crippen LogP contribution in [0.2, 0.25) is 0 Å². The molecule has 132 valence electrons. The van der Waals surface area contributed by atoms with Gasteiger partial charge in [-0.05, 0) is 48.7 Å². The van der Waals surface area contributed by atoms with Crippen LogP contribution in [-0.2, 0) is 16.0 Å². The molecule has 0 atom stereocenters. The quantitative estimate of drug-likeness (QED) is 0.753. The number of nitrogens with one attached hydrogen (secondary N) is 2. The molecule has 0 aliphatic carbocycles. The van der Waals surface area contributed by atoms with E-state index in [4.69, 9.17) is 0 Å². The van der Waals surface area contributed by atoms with E-state index < -0.39 is 0 Å². The van der Waals surface area contributed by atoms with Crippen molar-refractivity contribution in [2.75, 3.05) is 24.3 Å². The van der Waals surface area contributed by atoms with E-state index in [1.165, 1.54) is 7.11 Å². The van der Waals surface area contributed by atoms with Gasteiger partial charge in [0.2, 0.25) is 5.91 Å². The number of carbonyl (C=O) groups excluding carboxylic acids is 2. The minimum Gasteiger partial charge on any atom is -0.465 e.